The molecule has 2 bridgehead atoms. The second kappa shape index (κ2) is 16.4. The Labute approximate surface area is 322 Å². The lowest BCUT2D eigenvalue weighted by Crippen LogP contribution is -2.57. The molecule has 1 spiro atoms. The van der Waals surface area contributed by atoms with Crippen LogP contribution in [0.1, 0.15) is 49.5 Å². The van der Waals surface area contributed by atoms with Crippen molar-refractivity contribution in [3.8, 4) is 0 Å². The van der Waals surface area contributed by atoms with Crippen molar-refractivity contribution in [1.29, 1.82) is 0 Å². The fourth-order valence-electron chi connectivity index (χ4n) is 8.14. The Morgan fingerprint density at radius 1 is 1.06 bits per heavy atom. The molecule has 3 heterocycles. The molecular formula is C41H43BrClN3O7. The number of nitrogens with one attached hydrogen (secondary N) is 1. The molecule has 3 aliphatic rings. The van der Waals surface area contributed by atoms with E-state index in [1.807, 2.05) is 36.4 Å². The second-order valence-electron chi connectivity index (χ2n) is 13.7. The van der Waals surface area contributed by atoms with Gasteiger partial charge in [-0.3, -0.25) is 19.2 Å². The third kappa shape index (κ3) is 7.32. The maximum absolute atomic E-state index is 15.1. The van der Waals surface area contributed by atoms with Crippen molar-refractivity contribution in [2.45, 2.75) is 66.9 Å². The van der Waals surface area contributed by atoms with Gasteiger partial charge < -0.3 is 29.7 Å². The summed E-state index contributed by atoms with van der Waals surface area (Å²) in [6, 6.07) is 22.1. The van der Waals surface area contributed by atoms with Crippen LogP contribution >= 0.6 is 27.5 Å². The van der Waals surface area contributed by atoms with Crippen molar-refractivity contribution in [3.63, 3.8) is 0 Å². The molecule has 6 rings (SSSR count). The minimum Gasteiger partial charge on any atom is -0.455 e. The van der Waals surface area contributed by atoms with Crippen LogP contribution in [0.3, 0.4) is 0 Å². The van der Waals surface area contributed by atoms with Gasteiger partial charge in [0.1, 0.15) is 17.7 Å². The number of carbonyl (C=O) groups excluding carboxylic acids is 4. The van der Waals surface area contributed by atoms with Crippen molar-refractivity contribution in [2.75, 3.05) is 18.1 Å². The number of allylic oxidation sites excluding steroid dienone is 1. The van der Waals surface area contributed by atoms with Gasteiger partial charge in [-0.15, -0.1) is 13.2 Å². The highest BCUT2D eigenvalue weighted by Gasteiger charge is 2.77. The minimum atomic E-state index is -1.45. The number of aliphatic hydroxyl groups excluding tert-OH is 1. The third-order valence-electron chi connectivity index (χ3n) is 10.4. The van der Waals surface area contributed by atoms with Crippen LogP contribution in [0.15, 0.2) is 110 Å². The Bertz CT molecular complexity index is 1830. The number of aliphatic hydroxyl groups is 1. The molecule has 0 aliphatic carbocycles. The summed E-state index contributed by atoms with van der Waals surface area (Å²) in [6.07, 6.45) is 2.52. The number of likely N-dealkylation sites (tertiary alicyclic amines) is 1. The van der Waals surface area contributed by atoms with E-state index in [1.165, 1.54) is 9.80 Å². The van der Waals surface area contributed by atoms with Crippen molar-refractivity contribution in [3.05, 3.63) is 126 Å². The van der Waals surface area contributed by atoms with Crippen LogP contribution in [0.2, 0.25) is 5.02 Å². The Hall–Kier alpha value is -4.29. The van der Waals surface area contributed by atoms with Crippen LogP contribution in [-0.4, -0.2) is 75.5 Å². The molecule has 278 valence electrons. The van der Waals surface area contributed by atoms with E-state index >= 15 is 9.59 Å². The molecule has 0 radical (unpaired) electrons. The van der Waals surface area contributed by atoms with Crippen molar-refractivity contribution in [1.82, 2.24) is 10.2 Å². The van der Waals surface area contributed by atoms with Crippen LogP contribution in [-0.2, 0) is 28.7 Å². The number of esters is 1. The van der Waals surface area contributed by atoms with Gasteiger partial charge in [-0.25, -0.2) is 0 Å². The molecule has 3 aliphatic heterocycles. The first kappa shape index (κ1) is 38.4. The molecule has 3 aromatic rings. The largest absolute Gasteiger partial charge is 0.455 e. The number of alkyl halides is 1. The van der Waals surface area contributed by atoms with Gasteiger partial charge in [-0.05, 0) is 55.2 Å². The molecule has 3 amide bonds. The summed E-state index contributed by atoms with van der Waals surface area (Å²) in [4.78, 5) is 60.0. The lowest BCUT2D eigenvalue weighted by Gasteiger charge is -2.39. The Morgan fingerprint density at radius 3 is 2.30 bits per heavy atom. The Balaban J connectivity index is 1.41. The van der Waals surface area contributed by atoms with Crippen molar-refractivity contribution in [2.24, 2.45) is 11.8 Å². The number of anilines is 1. The topological polar surface area (TPSA) is 125 Å². The molecule has 3 saturated heterocycles. The summed E-state index contributed by atoms with van der Waals surface area (Å²) in [6.45, 7) is 8.94. The van der Waals surface area contributed by atoms with E-state index in [0.717, 1.165) is 0 Å². The van der Waals surface area contributed by atoms with Gasteiger partial charge >= 0.3 is 5.97 Å². The summed E-state index contributed by atoms with van der Waals surface area (Å²) in [5.41, 5.74) is 0.359. The molecule has 0 aromatic heterocycles. The maximum Gasteiger partial charge on any atom is 0.313 e. The number of amides is 3. The van der Waals surface area contributed by atoms with E-state index in [2.05, 4.69) is 34.4 Å². The summed E-state index contributed by atoms with van der Waals surface area (Å²) >= 11 is 9.93. The van der Waals surface area contributed by atoms with Crippen LogP contribution in [0.4, 0.5) is 5.69 Å². The highest BCUT2D eigenvalue weighted by molar-refractivity contribution is 9.09. The number of benzene rings is 3. The highest BCUT2D eigenvalue weighted by atomic mass is 79.9. The zero-order valence-corrected chi connectivity index (χ0v) is 31.7. The second-order valence-corrected chi connectivity index (χ2v) is 15.3. The first-order chi connectivity index (χ1) is 25.6. The number of ether oxygens (including phenoxy) is 2. The maximum atomic E-state index is 15.1. The average molecular weight is 805 g/mol. The number of rotatable bonds is 15. The number of fused-ring (bicyclic) bond motifs is 1. The number of carbonyl (C=O) groups is 4. The van der Waals surface area contributed by atoms with Crippen molar-refractivity contribution >= 4 is 56.9 Å². The lowest BCUT2D eigenvalue weighted by atomic mass is 9.70. The molecule has 0 saturated carbocycles. The van der Waals surface area contributed by atoms with Gasteiger partial charge in [0.15, 0.2) is 0 Å². The third-order valence-corrected chi connectivity index (χ3v) is 11.5. The van der Waals surface area contributed by atoms with Gasteiger partial charge in [0, 0.05) is 28.5 Å². The van der Waals surface area contributed by atoms with Crippen LogP contribution in [0, 0.1) is 11.8 Å². The highest BCUT2D eigenvalue weighted by Crippen LogP contribution is 2.61. The number of hydrogen-bond acceptors (Lipinski definition) is 7. The minimum absolute atomic E-state index is 0.108. The fraction of sp³-hybridized carbons (Fsp3) is 0.366. The van der Waals surface area contributed by atoms with Gasteiger partial charge in [-0.2, -0.15) is 0 Å². The van der Waals surface area contributed by atoms with E-state index in [-0.39, 0.29) is 25.3 Å². The number of hydrogen-bond donors (Lipinski definition) is 2. The zero-order chi connectivity index (χ0) is 37.9. The van der Waals surface area contributed by atoms with E-state index in [0.29, 0.717) is 28.3 Å². The SMILES string of the molecule is C=CCCC(=O)N[C@@H](C)[C@H](OC(=O)[C@@H]1[C@H]2O[C@@]3(CC2Br)[C@H](C(=O)N(CC=C)c2ccc(Cl)cc2)N([C@H](CO)c2ccccc2)C(=O)[C@@H]13)c1ccccc1. The molecule has 1 unspecified atom stereocenters. The summed E-state index contributed by atoms with van der Waals surface area (Å²) < 4.78 is 13.1. The first-order valence-electron chi connectivity index (χ1n) is 17.7. The van der Waals surface area contributed by atoms with Gasteiger partial charge in [0.05, 0.1) is 36.6 Å². The standard InChI is InChI=1S/C41H43BrClN3O7/c1-4-6-17-32(48)44-25(3)35(27-15-11-8-12-16-27)52-40(51)33-34-38(49)46(31(24-47)26-13-9-7-10-14-26)37(41(34)23-30(42)36(33)53-41)39(50)45(22-5-2)29-20-18-28(43)19-21-29/h4-5,7-16,18-21,25,30-31,33-37,47H,1-2,6,17,22-24H2,3H3,(H,44,48)/t25-,30?,31+,33-,34+,35-,36-,37-,41+/m0/s1. The predicted octanol–water partition coefficient (Wildman–Crippen LogP) is 6.10. The number of halogens is 2. The van der Waals surface area contributed by atoms with E-state index < -0.39 is 77.0 Å². The Morgan fingerprint density at radius 2 is 1.70 bits per heavy atom. The zero-order valence-electron chi connectivity index (χ0n) is 29.4. The molecule has 3 aromatic carbocycles. The lowest BCUT2D eigenvalue weighted by molar-refractivity contribution is -0.162. The molecule has 12 heteroatoms. The fourth-order valence-corrected chi connectivity index (χ4v) is 9.21. The van der Waals surface area contributed by atoms with E-state index in [9.17, 15) is 14.7 Å². The molecule has 2 N–H and O–H groups in total. The van der Waals surface area contributed by atoms with Crippen molar-refractivity contribution < 1.29 is 33.8 Å². The molecule has 3 fully saturated rings. The molecular weight excluding hydrogens is 762 g/mol. The monoisotopic (exact) mass is 803 g/mol. The molecule has 9 atom stereocenters. The van der Waals surface area contributed by atoms with Crippen LogP contribution < -0.4 is 10.2 Å². The van der Waals surface area contributed by atoms with Gasteiger partial charge in [0.2, 0.25) is 11.8 Å². The average Bonchev–Trinajstić information content (AvgIpc) is 3.76. The van der Waals surface area contributed by atoms with Gasteiger partial charge in [-0.1, -0.05) is 100 Å². The van der Waals surface area contributed by atoms with E-state index in [4.69, 9.17) is 21.1 Å². The smallest absolute Gasteiger partial charge is 0.313 e. The summed E-state index contributed by atoms with van der Waals surface area (Å²) in [7, 11) is 0. The predicted molar refractivity (Wildman–Crippen MR) is 205 cm³/mol. The van der Waals surface area contributed by atoms with Crippen LogP contribution in [0.25, 0.3) is 0 Å². The molecule has 10 nitrogen and oxygen atoms in total. The normalized spacial score (nSPS) is 25.9. The molecule has 53 heavy (non-hydrogen) atoms. The Kier molecular flexibility index (Phi) is 11.9. The van der Waals surface area contributed by atoms with E-state index in [1.54, 1.807) is 67.6 Å². The summed E-state index contributed by atoms with van der Waals surface area (Å²) in [5, 5.41) is 14.3. The first-order valence-corrected chi connectivity index (χ1v) is 19.0. The quantitative estimate of drug-likeness (QED) is 0.108. The summed E-state index contributed by atoms with van der Waals surface area (Å²) in [5.74, 6) is -4.06. The number of nitrogens with zero attached hydrogens (tertiary/aromatic N) is 2. The van der Waals surface area contributed by atoms with Crippen LogP contribution in [0.5, 0.6) is 0 Å². The van der Waals surface area contributed by atoms with Gasteiger partial charge in [0.25, 0.3) is 5.91 Å².